The third kappa shape index (κ3) is 4.82. The van der Waals surface area contributed by atoms with Gasteiger partial charge in [-0.25, -0.2) is 0 Å². The minimum Gasteiger partial charge on any atom is -0.398 e. The predicted molar refractivity (Wildman–Crippen MR) is 138 cm³/mol. The SMILES string of the molecule is Cc1c(N)cc([N+](=O)[O-])cc1[N+](=O)[O-].Nc1c(NCc2cccc3ccccc23)ccc2n[nH]nc12. The Balaban J connectivity index is 0.000000189. The van der Waals surface area contributed by atoms with Crippen LogP contribution < -0.4 is 16.8 Å². The van der Waals surface area contributed by atoms with Crippen LogP contribution in [-0.2, 0) is 6.54 Å². The van der Waals surface area contributed by atoms with Gasteiger partial charge in [0, 0.05) is 18.3 Å². The van der Waals surface area contributed by atoms with E-state index >= 15 is 0 Å². The van der Waals surface area contributed by atoms with Crippen molar-refractivity contribution in [3.8, 4) is 0 Å². The lowest BCUT2D eigenvalue weighted by molar-refractivity contribution is -0.394. The Kier molecular flexibility index (Phi) is 6.59. The number of hydrogen-bond donors (Lipinski definition) is 4. The van der Waals surface area contributed by atoms with Crippen molar-refractivity contribution in [1.82, 2.24) is 15.4 Å². The van der Waals surface area contributed by atoms with E-state index in [9.17, 15) is 20.2 Å². The number of hydrogen-bond acceptors (Lipinski definition) is 9. The lowest BCUT2D eigenvalue weighted by Gasteiger charge is -2.11. The zero-order valence-corrected chi connectivity index (χ0v) is 19.1. The van der Waals surface area contributed by atoms with Gasteiger partial charge in [0.2, 0.25) is 0 Å². The molecule has 182 valence electrons. The van der Waals surface area contributed by atoms with Crippen LogP contribution in [0, 0.1) is 27.2 Å². The molecule has 0 saturated carbocycles. The Morgan fingerprint density at radius 3 is 2.44 bits per heavy atom. The molecule has 0 saturated heterocycles. The van der Waals surface area contributed by atoms with E-state index in [1.807, 2.05) is 12.1 Å². The van der Waals surface area contributed by atoms with Gasteiger partial charge >= 0.3 is 0 Å². The average molecular weight is 486 g/mol. The number of aromatic amines is 1. The van der Waals surface area contributed by atoms with Crippen molar-refractivity contribution < 1.29 is 9.85 Å². The molecule has 12 nitrogen and oxygen atoms in total. The largest absolute Gasteiger partial charge is 0.398 e. The molecule has 0 aliphatic carbocycles. The summed E-state index contributed by atoms with van der Waals surface area (Å²) >= 11 is 0. The summed E-state index contributed by atoms with van der Waals surface area (Å²) in [6, 6.07) is 20.5. The average Bonchev–Trinajstić information content (AvgIpc) is 3.35. The molecule has 1 heterocycles. The van der Waals surface area contributed by atoms with Gasteiger partial charge in [-0.2, -0.15) is 15.4 Å². The number of anilines is 3. The maximum Gasteiger partial charge on any atom is 0.281 e. The minimum absolute atomic E-state index is 0.0471. The van der Waals surface area contributed by atoms with Gasteiger partial charge in [0.15, 0.2) is 0 Å². The van der Waals surface area contributed by atoms with Crippen molar-refractivity contribution >= 4 is 50.2 Å². The van der Waals surface area contributed by atoms with Crippen molar-refractivity contribution in [2.75, 3.05) is 16.8 Å². The Labute approximate surface area is 204 Å². The molecular formula is C24H22N8O4. The summed E-state index contributed by atoms with van der Waals surface area (Å²) in [5, 5.41) is 37.4. The molecule has 0 unspecified atom stereocenters. The van der Waals surface area contributed by atoms with E-state index < -0.39 is 9.85 Å². The monoisotopic (exact) mass is 486 g/mol. The first-order valence-corrected chi connectivity index (χ1v) is 10.7. The summed E-state index contributed by atoms with van der Waals surface area (Å²) in [7, 11) is 0. The number of non-ortho nitro benzene ring substituents is 1. The lowest BCUT2D eigenvalue weighted by atomic mass is 10.0. The molecule has 36 heavy (non-hydrogen) atoms. The highest BCUT2D eigenvalue weighted by molar-refractivity contribution is 5.94. The van der Waals surface area contributed by atoms with Crippen molar-refractivity contribution in [2.24, 2.45) is 0 Å². The van der Waals surface area contributed by atoms with Gasteiger partial charge in [-0.05, 0) is 35.4 Å². The van der Waals surface area contributed by atoms with E-state index in [2.05, 4.69) is 63.2 Å². The summed E-state index contributed by atoms with van der Waals surface area (Å²) in [6.45, 7) is 2.14. The third-order valence-corrected chi connectivity index (χ3v) is 5.69. The summed E-state index contributed by atoms with van der Waals surface area (Å²) < 4.78 is 0. The van der Waals surface area contributed by atoms with Crippen LogP contribution in [0.25, 0.3) is 21.8 Å². The first-order chi connectivity index (χ1) is 17.3. The molecule has 12 heteroatoms. The molecule has 0 aliphatic heterocycles. The fourth-order valence-corrected chi connectivity index (χ4v) is 3.72. The molecular weight excluding hydrogens is 464 g/mol. The highest BCUT2D eigenvalue weighted by Crippen LogP contribution is 2.29. The maximum absolute atomic E-state index is 10.5. The Hall–Kier alpha value is -5.26. The van der Waals surface area contributed by atoms with Crippen LogP contribution in [0.1, 0.15) is 11.1 Å². The number of benzene rings is 4. The minimum atomic E-state index is -0.719. The van der Waals surface area contributed by atoms with Crippen molar-refractivity contribution in [2.45, 2.75) is 13.5 Å². The Morgan fingerprint density at radius 2 is 1.69 bits per heavy atom. The molecule has 0 aliphatic rings. The molecule has 5 rings (SSSR count). The number of nitrogens with zero attached hydrogens (tertiary/aromatic N) is 4. The zero-order chi connectivity index (χ0) is 25.8. The fourth-order valence-electron chi connectivity index (χ4n) is 3.72. The van der Waals surface area contributed by atoms with Crippen molar-refractivity contribution in [3.63, 3.8) is 0 Å². The first-order valence-electron chi connectivity index (χ1n) is 10.7. The second-order valence-corrected chi connectivity index (χ2v) is 7.90. The molecule has 0 atom stereocenters. The number of nitro groups is 2. The van der Waals surface area contributed by atoms with Gasteiger partial charge in [0.25, 0.3) is 11.4 Å². The van der Waals surface area contributed by atoms with E-state index in [0.717, 1.165) is 23.3 Å². The van der Waals surface area contributed by atoms with Crippen LogP contribution in [-0.4, -0.2) is 25.3 Å². The van der Waals surface area contributed by atoms with Crippen LogP contribution in [0.3, 0.4) is 0 Å². The molecule has 0 radical (unpaired) electrons. The van der Waals surface area contributed by atoms with E-state index in [1.54, 1.807) is 0 Å². The van der Waals surface area contributed by atoms with Crippen molar-refractivity contribution in [1.29, 1.82) is 0 Å². The van der Waals surface area contributed by atoms with Gasteiger partial charge in [-0.15, -0.1) is 0 Å². The van der Waals surface area contributed by atoms with Crippen LogP contribution in [0.2, 0.25) is 0 Å². The van der Waals surface area contributed by atoms with Crippen LogP contribution in [0.15, 0.2) is 66.7 Å². The highest BCUT2D eigenvalue weighted by Gasteiger charge is 2.19. The number of rotatable bonds is 5. The number of nitrogens with one attached hydrogen (secondary N) is 2. The van der Waals surface area contributed by atoms with Crippen LogP contribution in [0.4, 0.5) is 28.4 Å². The van der Waals surface area contributed by atoms with Crippen molar-refractivity contribution in [3.05, 3.63) is 98.1 Å². The molecule has 0 fully saturated rings. The number of aromatic nitrogens is 3. The second kappa shape index (κ2) is 9.93. The molecule has 6 N–H and O–H groups in total. The number of nitrogens with two attached hydrogens (primary N) is 2. The van der Waals surface area contributed by atoms with Gasteiger partial charge in [0.05, 0.1) is 32.9 Å². The molecule has 5 aromatic rings. The van der Waals surface area contributed by atoms with Gasteiger partial charge < -0.3 is 16.8 Å². The number of nitrogen functional groups attached to an aromatic ring is 2. The number of fused-ring (bicyclic) bond motifs is 2. The number of nitro benzene ring substituents is 2. The summed E-state index contributed by atoms with van der Waals surface area (Å²) in [6.07, 6.45) is 0. The van der Waals surface area contributed by atoms with Crippen LogP contribution >= 0.6 is 0 Å². The highest BCUT2D eigenvalue weighted by atomic mass is 16.6. The molecule has 0 spiro atoms. The van der Waals surface area contributed by atoms with Gasteiger partial charge in [-0.3, -0.25) is 20.2 Å². The second-order valence-electron chi connectivity index (χ2n) is 7.90. The molecule has 0 bridgehead atoms. The number of H-pyrrole nitrogens is 1. The maximum atomic E-state index is 10.5. The Morgan fingerprint density at radius 1 is 0.944 bits per heavy atom. The normalized spacial score (nSPS) is 10.6. The summed E-state index contributed by atoms with van der Waals surface area (Å²) in [5.41, 5.74) is 15.3. The standard InChI is InChI=1S/C17H15N5.C7H7N3O4/c18-16-14(8-9-15-17(16)21-22-20-15)19-10-12-6-3-5-11-4-1-2-7-13(11)12;1-4-6(8)2-5(9(11)12)3-7(4)10(13)14/h1-9,19H,10,18H2,(H,20,21,22);2-3H,8H2,1H3. The zero-order valence-electron chi connectivity index (χ0n) is 19.1. The van der Waals surface area contributed by atoms with E-state index in [4.69, 9.17) is 11.5 Å². The fraction of sp³-hybridized carbons (Fsp3) is 0.0833. The molecule has 1 aromatic heterocycles. The molecule has 0 amide bonds. The first kappa shape index (κ1) is 23.9. The third-order valence-electron chi connectivity index (χ3n) is 5.69. The smallest absolute Gasteiger partial charge is 0.281 e. The lowest BCUT2D eigenvalue weighted by Crippen LogP contribution is -2.03. The van der Waals surface area contributed by atoms with E-state index in [0.29, 0.717) is 17.7 Å². The quantitative estimate of drug-likeness (QED) is 0.155. The summed E-state index contributed by atoms with van der Waals surface area (Å²) in [4.78, 5) is 19.4. The van der Waals surface area contributed by atoms with Gasteiger partial charge in [-0.1, -0.05) is 42.5 Å². The van der Waals surface area contributed by atoms with Gasteiger partial charge in [0.1, 0.15) is 11.0 Å². The van der Waals surface area contributed by atoms with Crippen LogP contribution in [0.5, 0.6) is 0 Å². The Bertz CT molecular complexity index is 1590. The molecule has 4 aromatic carbocycles. The van der Waals surface area contributed by atoms with E-state index in [1.165, 1.54) is 23.3 Å². The topological polar surface area (TPSA) is 192 Å². The predicted octanol–water partition coefficient (Wildman–Crippen LogP) is 4.70. The summed E-state index contributed by atoms with van der Waals surface area (Å²) in [5.74, 6) is 0. The van der Waals surface area contributed by atoms with E-state index in [-0.39, 0.29) is 22.6 Å².